The minimum absolute atomic E-state index is 0.0378. The lowest BCUT2D eigenvalue weighted by Gasteiger charge is -2.23. The van der Waals surface area contributed by atoms with Crippen LogP contribution in [0.5, 0.6) is 0 Å². The average Bonchev–Trinajstić information content (AvgIpc) is 3.26. The summed E-state index contributed by atoms with van der Waals surface area (Å²) in [6.45, 7) is -0.642. The molecule has 25 heavy (non-hydrogen) atoms. The zero-order chi connectivity index (χ0) is 17.8. The fraction of sp³-hybridized carbons (Fsp3) is 0.533. The summed E-state index contributed by atoms with van der Waals surface area (Å²) in [6, 6.07) is 0.335. The zero-order valence-corrected chi connectivity index (χ0v) is 13.2. The highest BCUT2D eigenvalue weighted by molar-refractivity contribution is 5.84. The number of ether oxygens (including phenoxy) is 1. The van der Waals surface area contributed by atoms with Crippen LogP contribution in [0.15, 0.2) is 6.33 Å². The van der Waals surface area contributed by atoms with Crippen molar-refractivity contribution in [1.82, 2.24) is 19.5 Å². The molecular weight excluding hydrogens is 328 g/mol. The van der Waals surface area contributed by atoms with Crippen LogP contribution in [0.3, 0.4) is 0 Å². The number of nitrogens with zero attached hydrogens (tertiary/aromatic N) is 4. The number of hydrogen-bond acceptors (Lipinski definition) is 9. The highest BCUT2D eigenvalue weighted by Gasteiger charge is 2.54. The Labute approximate surface area is 142 Å². The summed E-state index contributed by atoms with van der Waals surface area (Å²) in [4.78, 5) is 12.6. The van der Waals surface area contributed by atoms with Crippen molar-refractivity contribution in [2.24, 2.45) is 0 Å². The number of aromatic nitrogens is 4. The Bertz CT molecular complexity index is 860. The molecule has 3 heterocycles. The maximum atomic E-state index is 10.4. The molecule has 0 amide bonds. The fourth-order valence-electron chi connectivity index (χ4n) is 2.95. The van der Waals surface area contributed by atoms with Gasteiger partial charge in [0.2, 0.25) is 5.95 Å². The summed E-state index contributed by atoms with van der Waals surface area (Å²) in [5, 5.41) is 33.3. The van der Waals surface area contributed by atoms with Gasteiger partial charge in [-0.25, -0.2) is 4.98 Å². The predicted octanol–water partition coefficient (Wildman–Crippen LogP) is -1.40. The summed E-state index contributed by atoms with van der Waals surface area (Å²) in [7, 11) is 0. The topological polar surface area (TPSA) is 152 Å². The van der Waals surface area contributed by atoms with Crippen molar-refractivity contribution in [1.29, 1.82) is 0 Å². The first kappa shape index (κ1) is 16.0. The molecule has 132 valence electrons. The molecule has 10 nitrogen and oxygen atoms in total. The second-order valence-corrected chi connectivity index (χ2v) is 6.31. The van der Waals surface area contributed by atoms with Crippen molar-refractivity contribution in [2.75, 3.05) is 17.7 Å². The van der Waals surface area contributed by atoms with Crippen LogP contribution >= 0.6 is 0 Å². The lowest BCUT2D eigenvalue weighted by atomic mass is 9.97. The van der Waals surface area contributed by atoms with Gasteiger partial charge in [-0.05, 0) is 12.8 Å². The number of aliphatic hydroxyl groups excluding tert-OH is 3. The molecule has 1 saturated carbocycles. The van der Waals surface area contributed by atoms with Crippen molar-refractivity contribution in [3.05, 3.63) is 6.33 Å². The van der Waals surface area contributed by atoms with Gasteiger partial charge in [0, 0.05) is 6.04 Å². The molecule has 0 spiro atoms. The fourth-order valence-corrected chi connectivity index (χ4v) is 2.95. The van der Waals surface area contributed by atoms with E-state index >= 15 is 0 Å². The zero-order valence-electron chi connectivity index (χ0n) is 13.2. The summed E-state index contributed by atoms with van der Waals surface area (Å²) in [5.41, 5.74) is 4.88. The first-order chi connectivity index (χ1) is 12.0. The maximum absolute atomic E-state index is 10.4. The molecule has 4 atom stereocenters. The van der Waals surface area contributed by atoms with E-state index in [1.54, 1.807) is 0 Å². The van der Waals surface area contributed by atoms with Gasteiger partial charge in [0.25, 0.3) is 0 Å². The molecule has 2 unspecified atom stereocenters. The van der Waals surface area contributed by atoms with Crippen LogP contribution in [-0.2, 0) is 4.74 Å². The standard InChI is InChI=1S/C15H18N6O4/c1-2-15(5-22)10(24)9(23)13(25-15)21-6-17-8-11(18-7-3-4-7)19-14(16)20-12(8)21/h1,6-7,9-10,13,22-24H,3-5H2,(H3,16,18,19,20)/t9?,10?,13-,15-/m1/s1. The summed E-state index contributed by atoms with van der Waals surface area (Å²) >= 11 is 0. The van der Waals surface area contributed by atoms with Gasteiger partial charge < -0.3 is 31.1 Å². The van der Waals surface area contributed by atoms with E-state index in [-0.39, 0.29) is 5.95 Å². The van der Waals surface area contributed by atoms with Crippen molar-refractivity contribution >= 4 is 22.9 Å². The first-order valence-corrected chi connectivity index (χ1v) is 7.88. The van der Waals surface area contributed by atoms with Crippen molar-refractivity contribution in [3.8, 4) is 12.3 Å². The van der Waals surface area contributed by atoms with Crippen LogP contribution in [0, 0.1) is 12.3 Å². The van der Waals surface area contributed by atoms with Gasteiger partial charge in [-0.1, -0.05) is 5.92 Å². The third-order valence-electron chi connectivity index (χ3n) is 4.53. The monoisotopic (exact) mass is 346 g/mol. The van der Waals surface area contributed by atoms with Crippen LogP contribution < -0.4 is 11.1 Å². The lowest BCUT2D eigenvalue weighted by molar-refractivity contribution is -0.0910. The van der Waals surface area contributed by atoms with Crippen molar-refractivity contribution < 1.29 is 20.1 Å². The predicted molar refractivity (Wildman–Crippen MR) is 87.2 cm³/mol. The van der Waals surface area contributed by atoms with E-state index in [1.165, 1.54) is 10.9 Å². The number of terminal acetylenes is 1. The van der Waals surface area contributed by atoms with E-state index in [0.29, 0.717) is 23.0 Å². The number of hydrogen-bond donors (Lipinski definition) is 5. The summed E-state index contributed by atoms with van der Waals surface area (Å²) < 4.78 is 7.04. The van der Waals surface area contributed by atoms with E-state index in [4.69, 9.17) is 16.9 Å². The van der Waals surface area contributed by atoms with Crippen LogP contribution in [0.1, 0.15) is 19.1 Å². The van der Waals surface area contributed by atoms with E-state index in [0.717, 1.165) is 12.8 Å². The molecule has 2 aromatic heterocycles. The molecule has 1 aliphatic carbocycles. The Morgan fingerprint density at radius 3 is 2.80 bits per heavy atom. The molecule has 0 aromatic carbocycles. The van der Waals surface area contributed by atoms with Gasteiger partial charge in [-0.2, -0.15) is 9.97 Å². The van der Waals surface area contributed by atoms with Crippen LogP contribution in [-0.4, -0.2) is 65.3 Å². The minimum Gasteiger partial charge on any atom is -0.392 e. The van der Waals surface area contributed by atoms with Crippen LogP contribution in [0.4, 0.5) is 11.8 Å². The van der Waals surface area contributed by atoms with E-state index < -0.39 is 30.6 Å². The van der Waals surface area contributed by atoms with Crippen molar-refractivity contribution in [2.45, 2.75) is 42.9 Å². The molecule has 2 aromatic rings. The van der Waals surface area contributed by atoms with Gasteiger partial charge in [0.1, 0.15) is 12.2 Å². The Hall–Kier alpha value is -2.45. The molecule has 1 aliphatic heterocycles. The quantitative estimate of drug-likeness (QED) is 0.421. The number of aliphatic hydroxyl groups is 3. The second kappa shape index (κ2) is 5.53. The highest BCUT2D eigenvalue weighted by atomic mass is 16.6. The number of anilines is 2. The Morgan fingerprint density at radius 1 is 1.44 bits per heavy atom. The number of imidazole rings is 1. The second-order valence-electron chi connectivity index (χ2n) is 6.31. The normalized spacial score (nSPS) is 32.0. The van der Waals surface area contributed by atoms with Crippen molar-refractivity contribution in [3.63, 3.8) is 0 Å². The third kappa shape index (κ3) is 2.40. The van der Waals surface area contributed by atoms with Crippen LogP contribution in [0.25, 0.3) is 11.2 Å². The molecule has 0 bridgehead atoms. The van der Waals surface area contributed by atoms with Gasteiger partial charge in [0.05, 0.1) is 12.9 Å². The van der Waals surface area contributed by atoms with Gasteiger partial charge >= 0.3 is 0 Å². The number of fused-ring (bicyclic) bond motifs is 1. The van der Waals surface area contributed by atoms with E-state index in [2.05, 4.69) is 26.2 Å². The minimum atomic E-state index is -1.70. The summed E-state index contributed by atoms with van der Waals surface area (Å²) in [6.07, 6.45) is 4.96. The summed E-state index contributed by atoms with van der Waals surface area (Å²) in [5.74, 6) is 2.76. The first-order valence-electron chi connectivity index (χ1n) is 7.88. The number of nitrogens with two attached hydrogens (primary N) is 1. The Kier molecular flexibility index (Phi) is 3.55. The van der Waals surface area contributed by atoms with Gasteiger partial charge in [0.15, 0.2) is 28.8 Å². The molecule has 0 radical (unpaired) electrons. The van der Waals surface area contributed by atoms with Crippen LogP contribution in [0.2, 0.25) is 0 Å². The molecule has 1 saturated heterocycles. The third-order valence-corrected chi connectivity index (χ3v) is 4.53. The SMILES string of the molecule is C#C[C@]1(CO)O[C@@H](n2cnc3c(NC4CC4)nc(N)nc32)C(O)C1O. The molecular formula is C15H18N6O4. The Morgan fingerprint density at radius 2 is 2.20 bits per heavy atom. The van der Waals surface area contributed by atoms with E-state index in [1.807, 2.05) is 0 Å². The molecule has 4 rings (SSSR count). The van der Waals surface area contributed by atoms with Gasteiger partial charge in [-0.15, -0.1) is 6.42 Å². The largest absolute Gasteiger partial charge is 0.392 e. The smallest absolute Gasteiger partial charge is 0.224 e. The molecule has 6 N–H and O–H groups in total. The highest BCUT2D eigenvalue weighted by Crippen LogP contribution is 2.38. The number of rotatable bonds is 4. The molecule has 10 heteroatoms. The number of nitrogens with one attached hydrogen (secondary N) is 1. The Balaban J connectivity index is 1.77. The molecule has 2 fully saturated rings. The van der Waals surface area contributed by atoms with Gasteiger partial charge in [-0.3, -0.25) is 4.57 Å². The van der Waals surface area contributed by atoms with E-state index in [9.17, 15) is 15.3 Å². The average molecular weight is 346 g/mol. The number of nitrogen functional groups attached to an aromatic ring is 1. The lowest BCUT2D eigenvalue weighted by Crippen LogP contribution is -2.44. The maximum Gasteiger partial charge on any atom is 0.224 e. The molecule has 2 aliphatic rings.